The molecule has 0 bridgehead atoms. The molecule has 0 aliphatic carbocycles. The molecule has 1 saturated heterocycles. The first kappa shape index (κ1) is 20.9. The Hall–Kier alpha value is -1.85. The molecule has 0 spiro atoms. The van der Waals surface area contributed by atoms with E-state index in [1.807, 2.05) is 25.1 Å². The summed E-state index contributed by atoms with van der Waals surface area (Å²) >= 11 is 12.1. The molecule has 0 saturated carbocycles. The summed E-state index contributed by atoms with van der Waals surface area (Å²) in [6, 6.07) is 15.1. The minimum Gasteiger partial charge on any atom is -0.323 e. The number of benzene rings is 2. The molecule has 28 heavy (non-hydrogen) atoms. The lowest BCUT2D eigenvalue weighted by Crippen LogP contribution is -2.52. The Labute approximate surface area is 176 Å². The van der Waals surface area contributed by atoms with Crippen molar-refractivity contribution in [2.45, 2.75) is 13.0 Å². The van der Waals surface area contributed by atoms with Crippen molar-refractivity contribution < 1.29 is 4.79 Å². The van der Waals surface area contributed by atoms with Gasteiger partial charge in [-0.15, -0.1) is 0 Å². The van der Waals surface area contributed by atoms with Gasteiger partial charge >= 0.3 is 0 Å². The first-order valence-corrected chi connectivity index (χ1v) is 10.2. The molecule has 1 atom stereocenters. The lowest BCUT2D eigenvalue weighted by atomic mass is 10.2. The van der Waals surface area contributed by atoms with Crippen molar-refractivity contribution in [2.24, 2.45) is 0 Å². The molecule has 148 valence electrons. The van der Waals surface area contributed by atoms with E-state index in [1.54, 1.807) is 18.2 Å². The molecule has 2 aromatic carbocycles. The van der Waals surface area contributed by atoms with Gasteiger partial charge < -0.3 is 5.32 Å². The van der Waals surface area contributed by atoms with Crippen LogP contribution in [0.1, 0.15) is 12.5 Å². The summed E-state index contributed by atoms with van der Waals surface area (Å²) in [5.41, 5.74) is 1.77. The number of nitrogens with one attached hydrogen (secondary N) is 1. The zero-order valence-corrected chi connectivity index (χ0v) is 17.5. The van der Waals surface area contributed by atoms with Crippen LogP contribution < -0.4 is 5.32 Å². The van der Waals surface area contributed by atoms with Crippen LogP contribution in [-0.2, 0) is 4.79 Å². The van der Waals surface area contributed by atoms with E-state index in [2.05, 4.69) is 39.4 Å². The summed E-state index contributed by atoms with van der Waals surface area (Å²) in [5, 5.41) is 3.92. The fourth-order valence-electron chi connectivity index (χ4n) is 3.23. The summed E-state index contributed by atoms with van der Waals surface area (Å²) in [7, 11) is 0. The number of hydrogen-bond donors (Lipinski definition) is 1. The third-order valence-corrected chi connectivity index (χ3v) is 5.56. The van der Waals surface area contributed by atoms with Crippen LogP contribution in [0.3, 0.4) is 0 Å². The number of halogens is 2. The molecule has 3 rings (SSSR count). The number of piperazine rings is 1. The molecule has 1 heterocycles. The monoisotopic (exact) mass is 417 g/mol. The largest absolute Gasteiger partial charge is 0.323 e. The number of rotatable bonds is 6. The number of nitrogens with zero attached hydrogens (tertiary/aromatic N) is 2. The lowest BCUT2D eigenvalue weighted by Gasteiger charge is -2.37. The molecule has 2 aromatic rings. The zero-order valence-electron chi connectivity index (χ0n) is 15.9. The predicted molar refractivity (Wildman–Crippen MR) is 118 cm³/mol. The fourth-order valence-corrected chi connectivity index (χ4v) is 3.57. The zero-order chi connectivity index (χ0) is 19.9. The Morgan fingerprint density at radius 3 is 2.54 bits per heavy atom. The Morgan fingerprint density at radius 1 is 1.11 bits per heavy atom. The van der Waals surface area contributed by atoms with Gasteiger partial charge in [0.25, 0.3) is 0 Å². The van der Waals surface area contributed by atoms with Crippen molar-refractivity contribution in [2.75, 3.05) is 38.0 Å². The summed E-state index contributed by atoms with van der Waals surface area (Å²) in [6.07, 6.45) is 4.35. The van der Waals surface area contributed by atoms with E-state index >= 15 is 0 Å². The Balaban J connectivity index is 1.46. The molecule has 1 N–H and O–H groups in total. The van der Waals surface area contributed by atoms with Gasteiger partial charge in [0, 0.05) is 37.7 Å². The average Bonchev–Trinajstić information content (AvgIpc) is 2.71. The molecule has 6 heteroatoms. The second kappa shape index (κ2) is 10.1. The molecule has 1 amide bonds. The van der Waals surface area contributed by atoms with E-state index in [0.717, 1.165) is 32.7 Å². The highest BCUT2D eigenvalue weighted by atomic mass is 35.5. The number of carbonyl (C=O) groups excluding carboxylic acids is 1. The van der Waals surface area contributed by atoms with Crippen LogP contribution in [-0.4, -0.2) is 54.5 Å². The van der Waals surface area contributed by atoms with Gasteiger partial charge in [0.15, 0.2) is 0 Å². The predicted octanol–water partition coefficient (Wildman–Crippen LogP) is 4.65. The van der Waals surface area contributed by atoms with Gasteiger partial charge in [0.05, 0.1) is 16.8 Å². The van der Waals surface area contributed by atoms with Gasteiger partial charge in [0.2, 0.25) is 5.91 Å². The third kappa shape index (κ3) is 5.82. The maximum Gasteiger partial charge on any atom is 0.241 e. The van der Waals surface area contributed by atoms with E-state index < -0.39 is 0 Å². The molecular weight excluding hydrogens is 393 g/mol. The van der Waals surface area contributed by atoms with Gasteiger partial charge in [-0.2, -0.15) is 0 Å². The van der Waals surface area contributed by atoms with Crippen LogP contribution in [0.2, 0.25) is 10.0 Å². The quantitative estimate of drug-likeness (QED) is 0.742. The van der Waals surface area contributed by atoms with Gasteiger partial charge in [0.1, 0.15) is 0 Å². The topological polar surface area (TPSA) is 35.6 Å². The highest BCUT2D eigenvalue weighted by molar-refractivity contribution is 6.35. The number of hydrogen-bond acceptors (Lipinski definition) is 3. The van der Waals surface area contributed by atoms with E-state index in [0.29, 0.717) is 15.7 Å². The lowest BCUT2D eigenvalue weighted by molar-refractivity contribution is -0.121. The van der Waals surface area contributed by atoms with Gasteiger partial charge in [-0.3, -0.25) is 14.6 Å². The first-order chi connectivity index (χ1) is 13.5. The average molecular weight is 418 g/mol. The highest BCUT2D eigenvalue weighted by Gasteiger charge is 2.25. The highest BCUT2D eigenvalue weighted by Crippen LogP contribution is 2.25. The second-order valence-electron chi connectivity index (χ2n) is 6.94. The van der Waals surface area contributed by atoms with Crippen LogP contribution in [0.25, 0.3) is 6.08 Å². The third-order valence-electron chi connectivity index (χ3n) is 4.99. The second-order valence-corrected chi connectivity index (χ2v) is 7.78. The van der Waals surface area contributed by atoms with E-state index in [1.165, 1.54) is 5.56 Å². The fraction of sp³-hybridized carbons (Fsp3) is 0.318. The van der Waals surface area contributed by atoms with Gasteiger partial charge in [-0.25, -0.2) is 0 Å². The van der Waals surface area contributed by atoms with Crippen molar-refractivity contribution in [3.63, 3.8) is 0 Å². The standard InChI is InChI=1S/C22H25Cl2N3O/c1-17(22(28)25-21-16-19(23)9-10-20(21)24)27-14-12-26(13-15-27)11-5-8-18-6-3-2-4-7-18/h2-10,16-17H,11-15H2,1H3,(H,25,28)/b8-5+/t17-/m1/s1. The molecule has 0 unspecified atom stereocenters. The van der Waals surface area contributed by atoms with Crippen LogP contribution in [0.15, 0.2) is 54.6 Å². The van der Waals surface area contributed by atoms with E-state index in [-0.39, 0.29) is 11.9 Å². The first-order valence-electron chi connectivity index (χ1n) is 9.47. The molecule has 1 fully saturated rings. The molecule has 0 radical (unpaired) electrons. The van der Waals surface area contributed by atoms with Crippen LogP contribution in [0.5, 0.6) is 0 Å². The number of anilines is 1. The summed E-state index contributed by atoms with van der Waals surface area (Å²) < 4.78 is 0. The smallest absolute Gasteiger partial charge is 0.241 e. The van der Waals surface area contributed by atoms with Crippen molar-refractivity contribution in [1.82, 2.24) is 9.80 Å². The van der Waals surface area contributed by atoms with Crippen LogP contribution in [0, 0.1) is 0 Å². The molecular formula is C22H25Cl2N3O. The minimum absolute atomic E-state index is 0.0680. The minimum atomic E-state index is -0.225. The Kier molecular flexibility index (Phi) is 7.51. The maximum atomic E-state index is 12.6. The summed E-state index contributed by atoms with van der Waals surface area (Å²) in [6.45, 7) is 6.44. The SMILES string of the molecule is C[C@H](C(=O)Nc1cc(Cl)ccc1Cl)N1CCN(C/C=C/c2ccccc2)CC1. The van der Waals surface area contributed by atoms with Crippen LogP contribution >= 0.6 is 23.2 Å². The Morgan fingerprint density at radius 2 is 1.82 bits per heavy atom. The van der Waals surface area contributed by atoms with E-state index in [9.17, 15) is 4.79 Å². The normalized spacial score (nSPS) is 17.0. The van der Waals surface area contributed by atoms with E-state index in [4.69, 9.17) is 23.2 Å². The van der Waals surface area contributed by atoms with Crippen molar-refractivity contribution in [3.8, 4) is 0 Å². The van der Waals surface area contributed by atoms with Crippen molar-refractivity contribution in [3.05, 3.63) is 70.2 Å². The molecule has 0 aromatic heterocycles. The number of amides is 1. The maximum absolute atomic E-state index is 12.6. The van der Waals surface area contributed by atoms with Gasteiger partial charge in [-0.1, -0.05) is 65.7 Å². The summed E-state index contributed by atoms with van der Waals surface area (Å²) in [5.74, 6) is -0.0680. The van der Waals surface area contributed by atoms with Gasteiger partial charge in [-0.05, 0) is 30.7 Å². The van der Waals surface area contributed by atoms with Crippen molar-refractivity contribution >= 4 is 40.9 Å². The molecule has 4 nitrogen and oxygen atoms in total. The Bertz CT molecular complexity index is 818. The number of carbonyl (C=O) groups is 1. The summed E-state index contributed by atoms with van der Waals surface area (Å²) in [4.78, 5) is 17.2. The van der Waals surface area contributed by atoms with Crippen molar-refractivity contribution in [1.29, 1.82) is 0 Å². The molecule has 1 aliphatic heterocycles. The molecule has 1 aliphatic rings. The van der Waals surface area contributed by atoms with Crippen LogP contribution in [0.4, 0.5) is 5.69 Å².